The summed E-state index contributed by atoms with van der Waals surface area (Å²) in [4.78, 5) is 20.7. The van der Waals surface area contributed by atoms with Crippen LogP contribution >= 0.6 is 0 Å². The number of hydrogen-bond donors (Lipinski definition) is 1. The summed E-state index contributed by atoms with van der Waals surface area (Å²) < 4.78 is 0. The summed E-state index contributed by atoms with van der Waals surface area (Å²) in [6.07, 6.45) is 4.24. The molecule has 1 unspecified atom stereocenters. The van der Waals surface area contributed by atoms with Crippen molar-refractivity contribution in [2.45, 2.75) is 19.8 Å². The second kappa shape index (κ2) is 7.41. The zero-order chi connectivity index (χ0) is 15.2. The summed E-state index contributed by atoms with van der Waals surface area (Å²) in [6, 6.07) is 3.90. The van der Waals surface area contributed by atoms with Crippen LogP contribution in [0.25, 0.3) is 0 Å². The monoisotopic (exact) mass is 290 g/mol. The second-order valence-corrected chi connectivity index (χ2v) is 6.15. The Morgan fingerprint density at radius 1 is 1.52 bits per heavy atom. The van der Waals surface area contributed by atoms with Gasteiger partial charge in [-0.3, -0.25) is 9.78 Å². The zero-order valence-corrected chi connectivity index (χ0v) is 13.3. The maximum atomic E-state index is 12.1. The standard InChI is InChI=1S/C16H26N4O/c1-13-5-4-9-20(12-13)14-6-7-17-15(11-14)16(21)18-8-10-19(2)3/h6-7,11,13H,4-5,8-10,12H2,1-3H3,(H,18,21). The number of likely N-dealkylation sites (N-methyl/N-ethyl adjacent to an activating group) is 1. The fraction of sp³-hybridized carbons (Fsp3) is 0.625. The smallest absolute Gasteiger partial charge is 0.269 e. The number of anilines is 1. The summed E-state index contributed by atoms with van der Waals surface area (Å²) >= 11 is 0. The molecule has 0 spiro atoms. The van der Waals surface area contributed by atoms with E-state index in [1.54, 1.807) is 6.20 Å². The Morgan fingerprint density at radius 3 is 3.05 bits per heavy atom. The van der Waals surface area contributed by atoms with Gasteiger partial charge in [-0.15, -0.1) is 0 Å². The summed E-state index contributed by atoms with van der Waals surface area (Å²) in [7, 11) is 3.98. The SMILES string of the molecule is CC1CCCN(c2ccnc(C(=O)NCCN(C)C)c2)C1. The number of carbonyl (C=O) groups excluding carboxylic acids is 1. The maximum Gasteiger partial charge on any atom is 0.269 e. The first-order valence-electron chi connectivity index (χ1n) is 7.70. The molecule has 5 nitrogen and oxygen atoms in total. The minimum absolute atomic E-state index is 0.0937. The van der Waals surface area contributed by atoms with Gasteiger partial charge in [-0.25, -0.2) is 0 Å². The number of carbonyl (C=O) groups is 1. The highest BCUT2D eigenvalue weighted by Crippen LogP contribution is 2.22. The van der Waals surface area contributed by atoms with Gasteiger partial charge in [-0.1, -0.05) is 6.92 Å². The molecule has 1 amide bonds. The molecule has 0 aliphatic carbocycles. The quantitative estimate of drug-likeness (QED) is 0.895. The molecule has 1 saturated heterocycles. The van der Waals surface area contributed by atoms with Gasteiger partial charge in [0.1, 0.15) is 5.69 Å². The van der Waals surface area contributed by atoms with Crippen molar-refractivity contribution in [1.29, 1.82) is 0 Å². The molecule has 2 heterocycles. The number of nitrogens with one attached hydrogen (secondary N) is 1. The van der Waals surface area contributed by atoms with Crippen LogP contribution in [0.2, 0.25) is 0 Å². The molecule has 116 valence electrons. The highest BCUT2D eigenvalue weighted by molar-refractivity contribution is 5.93. The highest BCUT2D eigenvalue weighted by atomic mass is 16.1. The average Bonchev–Trinajstić information content (AvgIpc) is 2.47. The third-order valence-corrected chi connectivity index (χ3v) is 3.84. The molecule has 1 atom stereocenters. The Morgan fingerprint density at radius 2 is 2.33 bits per heavy atom. The predicted octanol–water partition coefficient (Wildman–Crippen LogP) is 1.61. The van der Waals surface area contributed by atoms with E-state index >= 15 is 0 Å². The van der Waals surface area contributed by atoms with Gasteiger partial charge < -0.3 is 15.1 Å². The molecule has 1 aromatic heterocycles. The van der Waals surface area contributed by atoms with Crippen molar-refractivity contribution in [3.63, 3.8) is 0 Å². The van der Waals surface area contributed by atoms with Crippen LogP contribution in [0.5, 0.6) is 0 Å². The first-order chi connectivity index (χ1) is 10.1. The normalized spacial score (nSPS) is 18.9. The molecule has 0 saturated carbocycles. The number of nitrogens with zero attached hydrogens (tertiary/aromatic N) is 3. The summed E-state index contributed by atoms with van der Waals surface area (Å²) in [6.45, 7) is 5.87. The predicted molar refractivity (Wildman–Crippen MR) is 85.7 cm³/mol. The van der Waals surface area contributed by atoms with E-state index in [0.29, 0.717) is 18.2 Å². The van der Waals surface area contributed by atoms with Crippen LogP contribution < -0.4 is 10.2 Å². The number of hydrogen-bond acceptors (Lipinski definition) is 4. The van der Waals surface area contributed by atoms with E-state index < -0.39 is 0 Å². The summed E-state index contributed by atoms with van der Waals surface area (Å²) in [5.74, 6) is 0.619. The molecule has 1 aliphatic rings. The van der Waals surface area contributed by atoms with Crippen LogP contribution in [0.4, 0.5) is 5.69 Å². The fourth-order valence-corrected chi connectivity index (χ4v) is 2.65. The fourth-order valence-electron chi connectivity index (χ4n) is 2.65. The molecule has 0 aromatic carbocycles. The Labute approximate surface area is 127 Å². The lowest BCUT2D eigenvalue weighted by molar-refractivity contribution is 0.0946. The highest BCUT2D eigenvalue weighted by Gasteiger charge is 2.18. The van der Waals surface area contributed by atoms with Crippen molar-refractivity contribution in [1.82, 2.24) is 15.2 Å². The van der Waals surface area contributed by atoms with E-state index in [4.69, 9.17) is 0 Å². The molecule has 1 fully saturated rings. The molecule has 0 radical (unpaired) electrons. The number of aromatic nitrogens is 1. The Kier molecular flexibility index (Phi) is 5.56. The molecule has 5 heteroatoms. The minimum atomic E-state index is -0.0937. The van der Waals surface area contributed by atoms with E-state index in [-0.39, 0.29) is 5.91 Å². The molecule has 1 aromatic rings. The minimum Gasteiger partial charge on any atom is -0.371 e. The van der Waals surface area contributed by atoms with Crippen molar-refractivity contribution in [2.75, 3.05) is 45.2 Å². The number of amides is 1. The van der Waals surface area contributed by atoms with Gasteiger partial charge in [0.25, 0.3) is 5.91 Å². The van der Waals surface area contributed by atoms with Crippen LogP contribution in [0.15, 0.2) is 18.3 Å². The van der Waals surface area contributed by atoms with E-state index in [2.05, 4.69) is 22.1 Å². The van der Waals surface area contributed by atoms with Gasteiger partial charge in [0.05, 0.1) is 0 Å². The molecule has 21 heavy (non-hydrogen) atoms. The lowest BCUT2D eigenvalue weighted by Crippen LogP contribution is -2.35. The lowest BCUT2D eigenvalue weighted by Gasteiger charge is -2.32. The number of rotatable bonds is 5. The topological polar surface area (TPSA) is 48.5 Å². The zero-order valence-electron chi connectivity index (χ0n) is 13.3. The third kappa shape index (κ3) is 4.70. The molecule has 2 rings (SSSR count). The van der Waals surface area contributed by atoms with Gasteiger partial charge in [0, 0.05) is 38.1 Å². The van der Waals surface area contributed by atoms with E-state index in [0.717, 1.165) is 25.3 Å². The molecule has 0 bridgehead atoms. The van der Waals surface area contributed by atoms with E-state index in [9.17, 15) is 4.79 Å². The second-order valence-electron chi connectivity index (χ2n) is 6.15. The first kappa shape index (κ1) is 15.8. The van der Waals surface area contributed by atoms with Crippen molar-refractivity contribution in [2.24, 2.45) is 5.92 Å². The van der Waals surface area contributed by atoms with Crippen LogP contribution in [-0.2, 0) is 0 Å². The van der Waals surface area contributed by atoms with Crippen molar-refractivity contribution in [3.8, 4) is 0 Å². The van der Waals surface area contributed by atoms with E-state index in [1.807, 2.05) is 31.1 Å². The van der Waals surface area contributed by atoms with Crippen molar-refractivity contribution >= 4 is 11.6 Å². The third-order valence-electron chi connectivity index (χ3n) is 3.84. The van der Waals surface area contributed by atoms with Gasteiger partial charge >= 0.3 is 0 Å². The summed E-state index contributed by atoms with van der Waals surface area (Å²) in [5.41, 5.74) is 1.61. The molecule has 1 N–H and O–H groups in total. The van der Waals surface area contributed by atoms with Crippen LogP contribution in [0, 0.1) is 5.92 Å². The molecule has 1 aliphatic heterocycles. The maximum absolute atomic E-state index is 12.1. The van der Waals surface area contributed by atoms with Gasteiger partial charge in [0.15, 0.2) is 0 Å². The van der Waals surface area contributed by atoms with Crippen molar-refractivity contribution < 1.29 is 4.79 Å². The van der Waals surface area contributed by atoms with Crippen LogP contribution in [0.1, 0.15) is 30.3 Å². The Bertz CT molecular complexity index is 475. The first-order valence-corrected chi connectivity index (χ1v) is 7.70. The molecular formula is C16H26N4O. The largest absolute Gasteiger partial charge is 0.371 e. The van der Waals surface area contributed by atoms with Gasteiger partial charge in [-0.2, -0.15) is 0 Å². The number of piperidine rings is 1. The molecular weight excluding hydrogens is 264 g/mol. The average molecular weight is 290 g/mol. The summed E-state index contributed by atoms with van der Waals surface area (Å²) in [5, 5.41) is 2.91. The van der Waals surface area contributed by atoms with E-state index in [1.165, 1.54) is 12.8 Å². The van der Waals surface area contributed by atoms with Gasteiger partial charge in [0.2, 0.25) is 0 Å². The van der Waals surface area contributed by atoms with Crippen LogP contribution in [0.3, 0.4) is 0 Å². The Balaban J connectivity index is 1.98. The van der Waals surface area contributed by atoms with Crippen LogP contribution in [-0.4, -0.2) is 56.1 Å². The van der Waals surface area contributed by atoms with Crippen molar-refractivity contribution in [3.05, 3.63) is 24.0 Å². The number of pyridine rings is 1. The Hall–Kier alpha value is -1.62. The van der Waals surface area contributed by atoms with Gasteiger partial charge in [-0.05, 0) is 45.0 Å². The lowest BCUT2D eigenvalue weighted by atomic mass is 10.00.